The predicted molar refractivity (Wildman–Crippen MR) is 47.8 cm³/mol. The van der Waals surface area contributed by atoms with Crippen molar-refractivity contribution in [2.45, 2.75) is 12.0 Å². The van der Waals surface area contributed by atoms with Crippen molar-refractivity contribution in [1.82, 2.24) is 0 Å². The minimum absolute atomic E-state index is 0.204. The standard InChI is InChI=1S/C6H6ClF3N2S/c7-6-11-3-13(12-6)2-1-4(8)5(9)10/h3,6H,1-2H2. The summed E-state index contributed by atoms with van der Waals surface area (Å²) in [5.41, 5.74) is 0.840. The summed E-state index contributed by atoms with van der Waals surface area (Å²) < 4.78 is 39.3. The Morgan fingerprint density at radius 1 is 1.46 bits per heavy atom. The molecule has 0 radical (unpaired) electrons. The normalized spacial score (nSPS) is 25.8. The average Bonchev–Trinajstić information content (AvgIpc) is 2.47. The second-order valence-corrected chi connectivity index (χ2v) is 4.21. The van der Waals surface area contributed by atoms with Crippen molar-refractivity contribution in [3.8, 4) is 0 Å². The minimum atomic E-state index is -2.26. The molecule has 0 N–H and O–H groups in total. The predicted octanol–water partition coefficient (Wildman–Crippen LogP) is 2.82. The van der Waals surface area contributed by atoms with Crippen molar-refractivity contribution < 1.29 is 13.2 Å². The Labute approximate surface area is 80.6 Å². The summed E-state index contributed by atoms with van der Waals surface area (Å²) in [6, 6.07) is 0. The molecule has 0 saturated heterocycles. The highest BCUT2D eigenvalue weighted by Gasteiger charge is 2.10. The second-order valence-electron chi connectivity index (χ2n) is 2.19. The van der Waals surface area contributed by atoms with E-state index in [0.717, 1.165) is 0 Å². The number of hydrogen-bond donors (Lipinski definition) is 0. The van der Waals surface area contributed by atoms with Gasteiger partial charge < -0.3 is 0 Å². The topological polar surface area (TPSA) is 24.7 Å². The van der Waals surface area contributed by atoms with Crippen molar-refractivity contribution in [2.75, 3.05) is 5.75 Å². The molecule has 7 heteroatoms. The number of aliphatic imine (C=N–C) groups is 1. The first-order chi connectivity index (χ1) is 6.09. The van der Waals surface area contributed by atoms with Gasteiger partial charge in [-0.05, 0) is 0 Å². The van der Waals surface area contributed by atoms with Gasteiger partial charge in [0.1, 0.15) is 0 Å². The van der Waals surface area contributed by atoms with Crippen LogP contribution in [0.2, 0.25) is 0 Å². The summed E-state index contributed by atoms with van der Waals surface area (Å²) in [4.78, 5) is 3.70. The van der Waals surface area contributed by atoms with E-state index in [9.17, 15) is 13.2 Å². The smallest absolute Gasteiger partial charge is 0.243 e. The van der Waals surface area contributed by atoms with Gasteiger partial charge >= 0.3 is 6.08 Å². The van der Waals surface area contributed by atoms with Gasteiger partial charge in [0.25, 0.3) is 0 Å². The number of hydrogen-bond acceptors (Lipinski definition) is 2. The second kappa shape index (κ2) is 4.76. The van der Waals surface area contributed by atoms with E-state index < -0.39 is 28.2 Å². The molecule has 2 nitrogen and oxygen atoms in total. The van der Waals surface area contributed by atoms with E-state index in [4.69, 9.17) is 11.6 Å². The summed E-state index contributed by atoms with van der Waals surface area (Å²) in [6.07, 6.45) is -2.58. The molecule has 0 aromatic rings. The molecule has 0 aliphatic carbocycles. The molecule has 0 saturated carbocycles. The highest BCUT2D eigenvalue weighted by molar-refractivity contribution is 8.00. The fraction of sp³-hybridized carbons (Fsp3) is 0.500. The third-order valence-electron chi connectivity index (χ3n) is 1.26. The maximum atomic E-state index is 12.3. The highest BCUT2D eigenvalue weighted by Crippen LogP contribution is 2.15. The fourth-order valence-electron chi connectivity index (χ4n) is 0.681. The molecule has 0 aromatic heterocycles. The first-order valence-corrected chi connectivity index (χ1v) is 5.22. The number of rotatable bonds is 3. The maximum absolute atomic E-state index is 12.3. The molecule has 0 fully saturated rings. The molecule has 74 valence electrons. The van der Waals surface area contributed by atoms with Crippen molar-refractivity contribution in [1.29, 1.82) is 0 Å². The van der Waals surface area contributed by atoms with E-state index >= 15 is 0 Å². The van der Waals surface area contributed by atoms with Crippen molar-refractivity contribution >= 4 is 27.8 Å². The van der Waals surface area contributed by atoms with Crippen LogP contribution in [0.3, 0.4) is 0 Å². The molecule has 1 aliphatic rings. The lowest BCUT2D eigenvalue weighted by Gasteiger charge is -1.95. The zero-order chi connectivity index (χ0) is 9.84. The Morgan fingerprint density at radius 2 is 2.15 bits per heavy atom. The van der Waals surface area contributed by atoms with Crippen molar-refractivity contribution in [3.05, 3.63) is 11.9 Å². The zero-order valence-electron chi connectivity index (χ0n) is 6.38. The fourth-order valence-corrected chi connectivity index (χ4v) is 2.30. The van der Waals surface area contributed by atoms with Crippen LogP contribution in [0.1, 0.15) is 6.42 Å². The molecule has 2 unspecified atom stereocenters. The van der Waals surface area contributed by atoms with E-state index in [-0.39, 0.29) is 12.2 Å². The first kappa shape index (κ1) is 10.7. The van der Waals surface area contributed by atoms with E-state index in [1.807, 2.05) is 0 Å². The first-order valence-electron chi connectivity index (χ1n) is 3.37. The van der Waals surface area contributed by atoms with Crippen LogP contribution < -0.4 is 0 Å². The molecule has 0 aromatic carbocycles. The summed E-state index contributed by atoms with van der Waals surface area (Å²) >= 11 is 5.47. The van der Waals surface area contributed by atoms with Crippen molar-refractivity contribution in [2.24, 2.45) is 9.36 Å². The van der Waals surface area contributed by atoms with Crippen LogP contribution in [0, 0.1) is 0 Å². The van der Waals surface area contributed by atoms with E-state index in [1.165, 1.54) is 5.55 Å². The molecule has 1 rings (SSSR count). The third-order valence-corrected chi connectivity index (χ3v) is 3.05. The SMILES string of the molecule is FC(F)=C(F)CCS1=NC(Cl)N=C1. The molecule has 13 heavy (non-hydrogen) atoms. The Kier molecular flexibility index (Phi) is 3.92. The zero-order valence-corrected chi connectivity index (χ0v) is 7.96. The van der Waals surface area contributed by atoms with Gasteiger partial charge in [-0.15, -0.1) is 0 Å². The van der Waals surface area contributed by atoms with Crippen LogP contribution in [0.4, 0.5) is 13.2 Å². The summed E-state index contributed by atoms with van der Waals surface area (Å²) in [7, 11) is -0.601. The van der Waals surface area contributed by atoms with Gasteiger partial charge in [0, 0.05) is 12.2 Å². The molecule has 0 bridgehead atoms. The minimum Gasteiger partial charge on any atom is -0.243 e. The Balaban J connectivity index is 2.41. The molecule has 0 amide bonds. The molecule has 1 heterocycles. The number of nitrogens with zero attached hydrogens (tertiary/aromatic N) is 2. The van der Waals surface area contributed by atoms with Crippen LogP contribution >= 0.6 is 11.6 Å². The molecular weight excluding hydrogens is 225 g/mol. The number of allylic oxidation sites excluding steroid dienone is 1. The lowest BCUT2D eigenvalue weighted by Crippen LogP contribution is -1.96. The van der Waals surface area contributed by atoms with Crippen molar-refractivity contribution in [3.63, 3.8) is 0 Å². The molecule has 0 spiro atoms. The number of halogens is 4. The maximum Gasteiger partial charge on any atom is 0.301 e. The molecule has 1 aliphatic heterocycles. The quantitative estimate of drug-likeness (QED) is 0.526. The van der Waals surface area contributed by atoms with Crippen LogP contribution in [0.25, 0.3) is 0 Å². The van der Waals surface area contributed by atoms with Gasteiger partial charge in [0.2, 0.25) is 5.62 Å². The summed E-state index contributed by atoms with van der Waals surface area (Å²) in [5, 5.41) is 0. The van der Waals surface area contributed by atoms with Crippen LogP contribution in [-0.4, -0.2) is 16.9 Å². The lowest BCUT2D eigenvalue weighted by molar-refractivity contribution is 0.373. The lowest BCUT2D eigenvalue weighted by atomic mass is 10.4. The number of alkyl halides is 1. The Hall–Kier alpha value is -0.360. The molecular formula is C6H6ClF3N2S. The monoisotopic (exact) mass is 230 g/mol. The Bertz CT molecular complexity index is 286. The average molecular weight is 231 g/mol. The van der Waals surface area contributed by atoms with Gasteiger partial charge in [0.05, 0.1) is 5.55 Å². The van der Waals surface area contributed by atoms with Gasteiger partial charge in [-0.2, -0.15) is 8.78 Å². The third kappa shape index (κ3) is 3.48. The largest absolute Gasteiger partial charge is 0.301 e. The summed E-state index contributed by atoms with van der Waals surface area (Å²) in [5.74, 6) is -1.18. The van der Waals surface area contributed by atoms with E-state index in [2.05, 4.69) is 9.36 Å². The Morgan fingerprint density at radius 3 is 2.62 bits per heavy atom. The van der Waals surface area contributed by atoms with Gasteiger partial charge in [0.15, 0.2) is 5.83 Å². The van der Waals surface area contributed by atoms with Crippen LogP contribution in [0.5, 0.6) is 0 Å². The highest BCUT2D eigenvalue weighted by atomic mass is 35.5. The molecule has 2 atom stereocenters. The van der Waals surface area contributed by atoms with Gasteiger partial charge in [-0.1, -0.05) is 22.3 Å². The van der Waals surface area contributed by atoms with Gasteiger partial charge in [-0.3, -0.25) is 0 Å². The van der Waals surface area contributed by atoms with Crippen LogP contribution in [0.15, 0.2) is 21.3 Å². The van der Waals surface area contributed by atoms with E-state index in [0.29, 0.717) is 0 Å². The van der Waals surface area contributed by atoms with Crippen LogP contribution in [-0.2, 0) is 10.7 Å². The summed E-state index contributed by atoms with van der Waals surface area (Å²) in [6.45, 7) is 0. The van der Waals surface area contributed by atoms with E-state index in [1.54, 1.807) is 0 Å². The van der Waals surface area contributed by atoms with Gasteiger partial charge in [-0.25, -0.2) is 13.7 Å².